The van der Waals surface area contributed by atoms with Crippen LogP contribution >= 0.6 is 0 Å². The number of Topliss-reactive ketones (excluding diaryl/α,β-unsaturated/α-hetero) is 1. The number of ketones is 1. The minimum atomic E-state index is -0.444. The van der Waals surface area contributed by atoms with Gasteiger partial charge in [-0.25, -0.2) is 4.39 Å². The number of hydrogen-bond donors (Lipinski definition) is 1. The van der Waals surface area contributed by atoms with E-state index >= 15 is 0 Å². The number of aromatic amines is 1. The zero-order chi connectivity index (χ0) is 25.1. The number of halogens is 1. The molecule has 1 fully saturated rings. The van der Waals surface area contributed by atoms with Crippen molar-refractivity contribution in [2.75, 3.05) is 6.79 Å². The van der Waals surface area contributed by atoms with Crippen molar-refractivity contribution in [1.29, 1.82) is 0 Å². The van der Waals surface area contributed by atoms with E-state index in [1.165, 1.54) is 6.07 Å². The van der Waals surface area contributed by atoms with Crippen molar-refractivity contribution >= 4 is 16.7 Å². The van der Waals surface area contributed by atoms with Crippen molar-refractivity contribution in [2.24, 2.45) is 0 Å². The number of hydrogen-bond acceptors (Lipinski definition) is 3. The van der Waals surface area contributed by atoms with Gasteiger partial charge in [0.2, 0.25) is 6.79 Å². The highest BCUT2D eigenvalue weighted by molar-refractivity contribution is 5.96. The van der Waals surface area contributed by atoms with E-state index < -0.39 is 5.41 Å². The summed E-state index contributed by atoms with van der Waals surface area (Å²) in [5.41, 5.74) is 5.29. The molecule has 0 atom stereocenters. The van der Waals surface area contributed by atoms with Crippen molar-refractivity contribution in [3.8, 4) is 11.5 Å². The summed E-state index contributed by atoms with van der Waals surface area (Å²) in [7, 11) is 0. The Bertz CT molecular complexity index is 1490. The molecule has 0 bridgehead atoms. The summed E-state index contributed by atoms with van der Waals surface area (Å²) >= 11 is 0. The van der Waals surface area contributed by atoms with Crippen molar-refractivity contribution in [3.63, 3.8) is 0 Å². The van der Waals surface area contributed by atoms with Crippen molar-refractivity contribution in [1.82, 2.24) is 4.98 Å². The van der Waals surface area contributed by atoms with Crippen molar-refractivity contribution < 1.29 is 18.7 Å². The summed E-state index contributed by atoms with van der Waals surface area (Å²) in [5, 5.41) is 1.06. The fraction of sp³-hybridized carbons (Fsp3) is 0.323. The van der Waals surface area contributed by atoms with E-state index in [2.05, 4.69) is 37.9 Å². The Kier molecular flexibility index (Phi) is 5.22. The number of aromatic nitrogens is 1. The molecule has 1 aromatic heterocycles. The number of nitrogens with one attached hydrogen (secondary N) is 1. The van der Waals surface area contributed by atoms with Gasteiger partial charge >= 0.3 is 0 Å². The average molecular weight is 484 g/mol. The van der Waals surface area contributed by atoms with Crippen LogP contribution in [0.4, 0.5) is 4.39 Å². The van der Waals surface area contributed by atoms with Crippen LogP contribution in [0.1, 0.15) is 61.6 Å². The fourth-order valence-corrected chi connectivity index (χ4v) is 5.46. The van der Waals surface area contributed by atoms with Gasteiger partial charge in [0.1, 0.15) is 11.6 Å². The van der Waals surface area contributed by atoms with Gasteiger partial charge in [-0.1, -0.05) is 51.1 Å². The van der Waals surface area contributed by atoms with Gasteiger partial charge in [-0.15, -0.1) is 0 Å². The number of benzene rings is 3. The zero-order valence-electron chi connectivity index (χ0n) is 20.9. The van der Waals surface area contributed by atoms with Crippen LogP contribution in [0.5, 0.6) is 11.5 Å². The van der Waals surface area contributed by atoms with Crippen LogP contribution in [0.15, 0.2) is 60.7 Å². The standard InChI is InChI=1S/C31H30FNO3/c1-30(2,3)29-23(16-20-6-4-5-7-24(20)32)22-14-19(8-10-25(22)33-29)15-28(34)31(12-13-31)21-9-11-26-27(17-21)36-18-35-26/h4-11,14,17,33H,12-13,15-16,18H2,1-3H3. The van der Waals surface area contributed by atoms with E-state index in [1.54, 1.807) is 6.07 Å². The average Bonchev–Trinajstić information content (AvgIpc) is 3.39. The van der Waals surface area contributed by atoms with Crippen molar-refractivity contribution in [2.45, 2.75) is 57.3 Å². The topological polar surface area (TPSA) is 51.3 Å². The predicted molar refractivity (Wildman–Crippen MR) is 138 cm³/mol. The SMILES string of the molecule is CC(C)(C)c1[nH]c2ccc(CC(=O)C3(c4ccc5c(c4)OCO5)CC3)cc2c1Cc1ccccc1F. The summed E-state index contributed by atoms with van der Waals surface area (Å²) in [6.45, 7) is 6.71. The highest BCUT2D eigenvalue weighted by Crippen LogP contribution is 2.51. The predicted octanol–water partition coefficient (Wildman–Crippen LogP) is 6.77. The molecule has 0 unspecified atom stereocenters. The quantitative estimate of drug-likeness (QED) is 0.329. The molecule has 2 heterocycles. The molecule has 1 aliphatic heterocycles. The highest BCUT2D eigenvalue weighted by Gasteiger charge is 2.50. The number of rotatable bonds is 6. The molecule has 0 radical (unpaired) electrons. The van der Waals surface area contributed by atoms with E-state index in [1.807, 2.05) is 36.4 Å². The third kappa shape index (κ3) is 3.87. The molecule has 1 aliphatic carbocycles. The van der Waals surface area contributed by atoms with E-state index in [0.717, 1.165) is 51.9 Å². The van der Waals surface area contributed by atoms with Crippen LogP contribution in [0.25, 0.3) is 10.9 Å². The molecular weight excluding hydrogens is 453 g/mol. The minimum absolute atomic E-state index is 0.132. The molecule has 36 heavy (non-hydrogen) atoms. The monoisotopic (exact) mass is 483 g/mol. The number of carbonyl (C=O) groups is 1. The van der Waals surface area contributed by atoms with Gasteiger partial charge in [0, 0.05) is 34.9 Å². The van der Waals surface area contributed by atoms with Crippen LogP contribution in [0.3, 0.4) is 0 Å². The molecule has 4 nitrogen and oxygen atoms in total. The first kappa shape index (κ1) is 22.8. The minimum Gasteiger partial charge on any atom is -0.454 e. The maximum Gasteiger partial charge on any atom is 0.231 e. The Hall–Kier alpha value is -3.60. The lowest BCUT2D eigenvalue weighted by molar-refractivity contribution is -0.120. The van der Waals surface area contributed by atoms with Crippen LogP contribution in [0.2, 0.25) is 0 Å². The van der Waals surface area contributed by atoms with Gasteiger partial charge in [-0.3, -0.25) is 4.79 Å². The van der Waals surface area contributed by atoms with Gasteiger partial charge < -0.3 is 14.5 Å². The maximum atomic E-state index is 14.6. The molecule has 6 rings (SSSR count). The maximum absolute atomic E-state index is 14.6. The summed E-state index contributed by atoms with van der Waals surface area (Å²) < 4.78 is 25.6. The summed E-state index contributed by atoms with van der Waals surface area (Å²) in [5.74, 6) is 1.48. The van der Waals surface area contributed by atoms with Gasteiger partial charge in [0.05, 0.1) is 5.41 Å². The molecule has 0 spiro atoms. The molecular formula is C31H30FNO3. The third-order valence-corrected chi connectivity index (χ3v) is 7.62. The molecule has 3 aromatic carbocycles. The largest absolute Gasteiger partial charge is 0.454 e. The number of H-pyrrole nitrogens is 1. The first-order valence-corrected chi connectivity index (χ1v) is 12.6. The summed E-state index contributed by atoms with van der Waals surface area (Å²) in [6, 6.07) is 19.0. The molecule has 5 heteroatoms. The number of ether oxygens (including phenoxy) is 2. The Morgan fingerprint density at radius 3 is 2.53 bits per heavy atom. The van der Waals surface area contributed by atoms with Gasteiger partial charge in [-0.2, -0.15) is 0 Å². The number of fused-ring (bicyclic) bond motifs is 2. The normalized spacial score (nSPS) is 15.9. The van der Waals surface area contributed by atoms with Gasteiger partial charge in [0.25, 0.3) is 0 Å². The molecule has 4 aromatic rings. The molecule has 1 N–H and O–H groups in total. The second kappa shape index (κ2) is 8.22. The zero-order valence-corrected chi connectivity index (χ0v) is 20.9. The van der Waals surface area contributed by atoms with Gasteiger partial charge in [-0.05, 0) is 65.4 Å². The fourth-order valence-electron chi connectivity index (χ4n) is 5.46. The lowest BCUT2D eigenvalue weighted by Gasteiger charge is -2.20. The van der Waals surface area contributed by atoms with Crippen LogP contribution in [-0.4, -0.2) is 17.6 Å². The molecule has 1 saturated carbocycles. The Labute approximate surface area is 210 Å². The highest BCUT2D eigenvalue weighted by atomic mass is 19.1. The second-order valence-electron chi connectivity index (χ2n) is 11.1. The lowest BCUT2D eigenvalue weighted by Crippen LogP contribution is -2.22. The van der Waals surface area contributed by atoms with Gasteiger partial charge in [0.15, 0.2) is 11.5 Å². The van der Waals surface area contributed by atoms with Crippen LogP contribution in [0, 0.1) is 5.82 Å². The Balaban J connectivity index is 1.34. The molecule has 0 amide bonds. The second-order valence-corrected chi connectivity index (χ2v) is 11.1. The first-order chi connectivity index (χ1) is 17.2. The lowest BCUT2D eigenvalue weighted by atomic mass is 9.86. The Morgan fingerprint density at radius 2 is 1.78 bits per heavy atom. The van der Waals surface area contributed by atoms with E-state index in [0.29, 0.717) is 24.2 Å². The van der Waals surface area contributed by atoms with E-state index in [4.69, 9.17) is 9.47 Å². The smallest absolute Gasteiger partial charge is 0.231 e. The molecule has 0 saturated heterocycles. The van der Waals surface area contributed by atoms with E-state index in [-0.39, 0.29) is 23.8 Å². The Morgan fingerprint density at radius 1 is 1.00 bits per heavy atom. The summed E-state index contributed by atoms with van der Waals surface area (Å²) in [6.07, 6.45) is 2.56. The first-order valence-electron chi connectivity index (χ1n) is 12.6. The summed E-state index contributed by atoms with van der Waals surface area (Å²) in [4.78, 5) is 17.2. The molecule has 2 aliphatic rings. The number of carbonyl (C=O) groups excluding carboxylic acids is 1. The van der Waals surface area contributed by atoms with Crippen LogP contribution < -0.4 is 9.47 Å². The van der Waals surface area contributed by atoms with E-state index in [9.17, 15) is 9.18 Å². The third-order valence-electron chi connectivity index (χ3n) is 7.62. The molecule has 184 valence electrons. The van der Waals surface area contributed by atoms with Crippen molar-refractivity contribution in [3.05, 3.63) is 94.4 Å². The van der Waals surface area contributed by atoms with Crippen LogP contribution in [-0.2, 0) is 28.5 Å².